The average Bonchev–Trinajstić information content (AvgIpc) is 3.09. The lowest BCUT2D eigenvalue weighted by molar-refractivity contribution is -0.126. The first kappa shape index (κ1) is 13.9. The SMILES string of the molecule is CCC1(C)C(=O)NC(=O)N1CC1CCC2(CCCC2)O1. The van der Waals surface area contributed by atoms with Crippen LogP contribution >= 0.6 is 0 Å². The topological polar surface area (TPSA) is 58.6 Å². The molecule has 20 heavy (non-hydrogen) atoms. The summed E-state index contributed by atoms with van der Waals surface area (Å²) >= 11 is 0. The van der Waals surface area contributed by atoms with Crippen molar-refractivity contribution in [1.29, 1.82) is 0 Å². The summed E-state index contributed by atoms with van der Waals surface area (Å²) in [6.07, 6.45) is 7.61. The molecule has 5 nitrogen and oxygen atoms in total. The molecule has 112 valence electrons. The zero-order valence-corrected chi connectivity index (χ0v) is 12.4. The second kappa shape index (κ2) is 4.72. The quantitative estimate of drug-likeness (QED) is 0.806. The Morgan fingerprint density at radius 3 is 2.65 bits per heavy atom. The van der Waals surface area contributed by atoms with Crippen molar-refractivity contribution < 1.29 is 14.3 Å². The van der Waals surface area contributed by atoms with E-state index in [1.807, 2.05) is 13.8 Å². The van der Waals surface area contributed by atoms with Gasteiger partial charge in [0.1, 0.15) is 5.54 Å². The van der Waals surface area contributed by atoms with Gasteiger partial charge in [0.2, 0.25) is 0 Å². The van der Waals surface area contributed by atoms with Crippen LogP contribution in [0.5, 0.6) is 0 Å². The van der Waals surface area contributed by atoms with E-state index in [-0.39, 0.29) is 23.6 Å². The maximum atomic E-state index is 12.0. The molecule has 1 N–H and O–H groups in total. The highest BCUT2D eigenvalue weighted by atomic mass is 16.5. The lowest BCUT2D eigenvalue weighted by Gasteiger charge is -2.33. The molecule has 0 aromatic heterocycles. The minimum atomic E-state index is -0.716. The summed E-state index contributed by atoms with van der Waals surface area (Å²) in [5.74, 6) is -0.182. The molecule has 3 aliphatic rings. The molecule has 0 bridgehead atoms. The van der Waals surface area contributed by atoms with E-state index in [4.69, 9.17) is 4.74 Å². The minimum Gasteiger partial charge on any atom is -0.370 e. The number of nitrogens with one attached hydrogen (secondary N) is 1. The third kappa shape index (κ3) is 2.03. The van der Waals surface area contributed by atoms with Crippen LogP contribution in [-0.2, 0) is 9.53 Å². The van der Waals surface area contributed by atoms with Gasteiger partial charge in [-0.3, -0.25) is 10.1 Å². The van der Waals surface area contributed by atoms with Gasteiger partial charge in [-0.05, 0) is 39.0 Å². The summed E-state index contributed by atoms with van der Waals surface area (Å²) in [4.78, 5) is 25.6. The Bertz CT molecular complexity index is 431. The number of carbonyl (C=O) groups excluding carboxylic acids is 2. The molecule has 3 amide bonds. The highest BCUT2D eigenvalue weighted by Crippen LogP contribution is 2.43. The maximum absolute atomic E-state index is 12.0. The molecule has 2 aliphatic heterocycles. The van der Waals surface area contributed by atoms with Crippen molar-refractivity contribution in [1.82, 2.24) is 10.2 Å². The molecule has 3 fully saturated rings. The molecule has 0 aromatic rings. The molecule has 1 aliphatic carbocycles. The second-order valence-corrected chi connectivity index (χ2v) is 6.67. The lowest BCUT2D eigenvalue weighted by atomic mass is 9.96. The van der Waals surface area contributed by atoms with Crippen LogP contribution in [0.15, 0.2) is 0 Å². The molecular formula is C15H24N2O3. The van der Waals surface area contributed by atoms with Crippen LogP contribution in [0.25, 0.3) is 0 Å². The van der Waals surface area contributed by atoms with Crippen molar-refractivity contribution in [2.75, 3.05) is 6.54 Å². The van der Waals surface area contributed by atoms with Gasteiger partial charge in [0, 0.05) is 6.54 Å². The van der Waals surface area contributed by atoms with E-state index in [2.05, 4.69) is 5.32 Å². The van der Waals surface area contributed by atoms with E-state index in [1.54, 1.807) is 4.90 Å². The molecule has 2 saturated heterocycles. The summed E-state index contributed by atoms with van der Waals surface area (Å²) in [6.45, 7) is 4.32. The Balaban J connectivity index is 1.68. The van der Waals surface area contributed by atoms with E-state index in [0.29, 0.717) is 13.0 Å². The predicted octanol–water partition coefficient (Wildman–Crippen LogP) is 2.20. The third-order valence-electron chi connectivity index (χ3n) is 5.48. The molecule has 5 heteroatoms. The highest BCUT2D eigenvalue weighted by Gasteiger charge is 2.50. The molecule has 0 aromatic carbocycles. The van der Waals surface area contributed by atoms with Crippen molar-refractivity contribution in [2.24, 2.45) is 0 Å². The van der Waals surface area contributed by atoms with Gasteiger partial charge in [0.25, 0.3) is 5.91 Å². The number of urea groups is 1. The molecule has 1 spiro atoms. The number of carbonyl (C=O) groups is 2. The summed E-state index contributed by atoms with van der Waals surface area (Å²) in [5, 5.41) is 2.44. The number of ether oxygens (including phenoxy) is 1. The highest BCUT2D eigenvalue weighted by molar-refractivity contribution is 6.06. The number of rotatable bonds is 3. The third-order valence-corrected chi connectivity index (χ3v) is 5.48. The normalized spacial score (nSPS) is 36.1. The van der Waals surface area contributed by atoms with Gasteiger partial charge < -0.3 is 9.64 Å². The fourth-order valence-electron chi connectivity index (χ4n) is 3.90. The average molecular weight is 280 g/mol. The number of imide groups is 1. The van der Waals surface area contributed by atoms with Crippen molar-refractivity contribution in [3.05, 3.63) is 0 Å². The van der Waals surface area contributed by atoms with Gasteiger partial charge in [-0.15, -0.1) is 0 Å². The smallest absolute Gasteiger partial charge is 0.325 e. The zero-order chi connectivity index (χ0) is 14.4. The van der Waals surface area contributed by atoms with Crippen LogP contribution in [0.2, 0.25) is 0 Å². The van der Waals surface area contributed by atoms with E-state index < -0.39 is 5.54 Å². The summed E-state index contributed by atoms with van der Waals surface area (Å²) < 4.78 is 6.26. The molecule has 2 atom stereocenters. The van der Waals surface area contributed by atoms with E-state index >= 15 is 0 Å². The van der Waals surface area contributed by atoms with Crippen LogP contribution in [0.3, 0.4) is 0 Å². The van der Waals surface area contributed by atoms with Crippen LogP contribution in [0.1, 0.15) is 58.8 Å². The number of amides is 3. The Morgan fingerprint density at radius 1 is 1.30 bits per heavy atom. The fourth-order valence-corrected chi connectivity index (χ4v) is 3.90. The van der Waals surface area contributed by atoms with Crippen molar-refractivity contribution in [3.63, 3.8) is 0 Å². The molecule has 2 unspecified atom stereocenters. The largest absolute Gasteiger partial charge is 0.370 e. The summed E-state index contributed by atoms with van der Waals surface area (Å²) in [6, 6.07) is -0.268. The van der Waals surface area contributed by atoms with Gasteiger partial charge >= 0.3 is 6.03 Å². The van der Waals surface area contributed by atoms with Crippen molar-refractivity contribution >= 4 is 11.9 Å². The molecule has 3 rings (SSSR count). The lowest BCUT2D eigenvalue weighted by Crippen LogP contribution is -2.49. The van der Waals surface area contributed by atoms with Gasteiger partial charge in [0.15, 0.2) is 0 Å². The fraction of sp³-hybridized carbons (Fsp3) is 0.867. The molecular weight excluding hydrogens is 256 g/mol. The number of hydrogen-bond donors (Lipinski definition) is 1. The first-order chi connectivity index (χ1) is 9.49. The first-order valence-electron chi connectivity index (χ1n) is 7.80. The van der Waals surface area contributed by atoms with Crippen molar-refractivity contribution in [2.45, 2.75) is 76.0 Å². The Morgan fingerprint density at radius 2 is 2.00 bits per heavy atom. The molecule has 1 saturated carbocycles. The zero-order valence-electron chi connectivity index (χ0n) is 12.4. The van der Waals surface area contributed by atoms with Crippen LogP contribution in [0.4, 0.5) is 4.79 Å². The Labute approximate surface area is 120 Å². The number of nitrogens with zero attached hydrogens (tertiary/aromatic N) is 1. The van der Waals surface area contributed by atoms with E-state index in [9.17, 15) is 9.59 Å². The summed E-state index contributed by atoms with van der Waals surface area (Å²) in [5.41, 5.74) is -0.640. The Kier molecular flexibility index (Phi) is 3.27. The van der Waals surface area contributed by atoms with Crippen molar-refractivity contribution in [3.8, 4) is 0 Å². The molecule has 0 radical (unpaired) electrons. The number of hydrogen-bond acceptors (Lipinski definition) is 3. The second-order valence-electron chi connectivity index (χ2n) is 6.67. The predicted molar refractivity (Wildman–Crippen MR) is 74.2 cm³/mol. The summed E-state index contributed by atoms with van der Waals surface area (Å²) in [7, 11) is 0. The van der Waals surface area contributed by atoms with Gasteiger partial charge in [-0.2, -0.15) is 0 Å². The Hall–Kier alpha value is -1.10. The standard InChI is InChI=1S/C15H24N2O3/c1-3-14(2)12(18)16-13(19)17(14)10-11-6-9-15(20-11)7-4-5-8-15/h11H,3-10H2,1-2H3,(H,16,18,19). The maximum Gasteiger partial charge on any atom is 0.325 e. The van der Waals surface area contributed by atoms with Crippen LogP contribution in [-0.4, -0.2) is 40.6 Å². The van der Waals surface area contributed by atoms with E-state index in [0.717, 1.165) is 25.7 Å². The molecule has 2 heterocycles. The minimum absolute atomic E-state index is 0.0769. The van der Waals surface area contributed by atoms with E-state index in [1.165, 1.54) is 12.8 Å². The first-order valence-corrected chi connectivity index (χ1v) is 7.80. The van der Waals surface area contributed by atoms with Gasteiger partial charge in [-0.1, -0.05) is 19.8 Å². The van der Waals surface area contributed by atoms with Gasteiger partial charge in [-0.25, -0.2) is 4.79 Å². The van der Waals surface area contributed by atoms with Crippen LogP contribution < -0.4 is 5.32 Å². The monoisotopic (exact) mass is 280 g/mol. The van der Waals surface area contributed by atoms with Crippen LogP contribution in [0, 0.1) is 0 Å². The van der Waals surface area contributed by atoms with Gasteiger partial charge in [0.05, 0.1) is 11.7 Å².